The minimum atomic E-state index is 0.750. The van der Waals surface area contributed by atoms with Crippen LogP contribution in [0.15, 0.2) is 0 Å². The van der Waals surface area contributed by atoms with Crippen LogP contribution < -0.4 is 5.32 Å². The minimum Gasteiger partial charge on any atom is -0.385 e. The van der Waals surface area contributed by atoms with Gasteiger partial charge in [-0.25, -0.2) is 0 Å². The van der Waals surface area contributed by atoms with Crippen molar-refractivity contribution >= 4 is 0 Å². The summed E-state index contributed by atoms with van der Waals surface area (Å²) in [5.41, 5.74) is 0. The molecule has 15 heavy (non-hydrogen) atoms. The summed E-state index contributed by atoms with van der Waals surface area (Å²) in [7, 11) is 1.80. The van der Waals surface area contributed by atoms with Gasteiger partial charge in [-0.05, 0) is 43.9 Å². The van der Waals surface area contributed by atoms with Crippen molar-refractivity contribution in [2.75, 3.05) is 13.7 Å². The molecule has 2 aliphatic rings. The number of rotatable bonds is 4. The summed E-state index contributed by atoms with van der Waals surface area (Å²) < 4.78 is 5.16. The molecule has 0 radical (unpaired) electrons. The lowest BCUT2D eigenvalue weighted by atomic mass is 9.84. The second-order valence-electron chi connectivity index (χ2n) is 5.41. The number of hydrogen-bond acceptors (Lipinski definition) is 2. The summed E-state index contributed by atoms with van der Waals surface area (Å²) in [6.45, 7) is 3.28. The molecule has 1 aliphatic carbocycles. The second-order valence-corrected chi connectivity index (χ2v) is 5.41. The highest BCUT2D eigenvalue weighted by atomic mass is 16.5. The summed E-state index contributed by atoms with van der Waals surface area (Å²) in [6, 6.07) is 1.59. The number of ether oxygens (including phenoxy) is 1. The molecule has 0 aromatic carbocycles. The molecule has 4 unspecified atom stereocenters. The standard InChI is InChI=1S/C13H25NO/c1-10(8-9-15-2)12-7-6-11-4-3-5-13(11)14-12/h10-14H,3-9H2,1-2H3. The molecule has 0 spiro atoms. The largest absolute Gasteiger partial charge is 0.385 e. The molecule has 1 heterocycles. The van der Waals surface area contributed by atoms with E-state index in [9.17, 15) is 0 Å². The van der Waals surface area contributed by atoms with Crippen LogP contribution in [0.1, 0.15) is 45.4 Å². The SMILES string of the molecule is COCCC(C)C1CCC2CCCC2N1. The third-order valence-electron chi connectivity index (χ3n) is 4.40. The second kappa shape index (κ2) is 5.31. The maximum absolute atomic E-state index is 5.16. The molecule has 0 aromatic heterocycles. The first kappa shape index (κ1) is 11.4. The summed E-state index contributed by atoms with van der Waals surface area (Å²) in [5.74, 6) is 1.77. The van der Waals surface area contributed by atoms with Gasteiger partial charge < -0.3 is 10.1 Å². The molecule has 2 fully saturated rings. The third-order valence-corrected chi connectivity index (χ3v) is 4.40. The molecule has 1 saturated heterocycles. The van der Waals surface area contributed by atoms with Crippen molar-refractivity contribution in [1.82, 2.24) is 5.32 Å². The van der Waals surface area contributed by atoms with Gasteiger partial charge in [-0.2, -0.15) is 0 Å². The van der Waals surface area contributed by atoms with Crippen molar-refractivity contribution < 1.29 is 4.74 Å². The molecule has 1 saturated carbocycles. The first-order chi connectivity index (χ1) is 7.31. The molecule has 1 aliphatic heterocycles. The molecule has 2 heteroatoms. The minimum absolute atomic E-state index is 0.750. The number of methoxy groups -OCH3 is 1. The van der Waals surface area contributed by atoms with Gasteiger partial charge in [0.25, 0.3) is 0 Å². The van der Waals surface area contributed by atoms with E-state index in [1.54, 1.807) is 7.11 Å². The van der Waals surface area contributed by atoms with E-state index in [1.165, 1.54) is 38.5 Å². The predicted molar refractivity (Wildman–Crippen MR) is 62.9 cm³/mol. The number of fused-ring (bicyclic) bond motifs is 1. The Bertz CT molecular complexity index is 195. The Kier molecular flexibility index (Phi) is 4.04. The van der Waals surface area contributed by atoms with Crippen molar-refractivity contribution in [1.29, 1.82) is 0 Å². The van der Waals surface area contributed by atoms with Crippen LogP contribution in [0, 0.1) is 11.8 Å². The van der Waals surface area contributed by atoms with Crippen LogP contribution in [-0.2, 0) is 4.74 Å². The van der Waals surface area contributed by atoms with Crippen LogP contribution in [0.4, 0.5) is 0 Å². The van der Waals surface area contributed by atoms with Gasteiger partial charge in [-0.1, -0.05) is 13.3 Å². The van der Waals surface area contributed by atoms with Gasteiger partial charge >= 0.3 is 0 Å². The van der Waals surface area contributed by atoms with E-state index in [-0.39, 0.29) is 0 Å². The lowest BCUT2D eigenvalue weighted by Crippen LogP contribution is -2.48. The topological polar surface area (TPSA) is 21.3 Å². The first-order valence-electron chi connectivity index (χ1n) is 6.56. The van der Waals surface area contributed by atoms with Gasteiger partial charge in [-0.15, -0.1) is 0 Å². The van der Waals surface area contributed by atoms with Crippen molar-refractivity contribution in [3.05, 3.63) is 0 Å². The zero-order chi connectivity index (χ0) is 10.7. The molecular weight excluding hydrogens is 186 g/mol. The van der Waals surface area contributed by atoms with E-state index in [2.05, 4.69) is 12.2 Å². The van der Waals surface area contributed by atoms with E-state index in [1.807, 2.05) is 0 Å². The Hall–Kier alpha value is -0.0800. The van der Waals surface area contributed by atoms with Crippen LogP contribution in [0.3, 0.4) is 0 Å². The van der Waals surface area contributed by atoms with Crippen LogP contribution in [0.25, 0.3) is 0 Å². The highest BCUT2D eigenvalue weighted by Crippen LogP contribution is 2.35. The van der Waals surface area contributed by atoms with Crippen LogP contribution in [0.2, 0.25) is 0 Å². The predicted octanol–water partition coefficient (Wildman–Crippen LogP) is 2.58. The van der Waals surface area contributed by atoms with E-state index in [4.69, 9.17) is 4.74 Å². The molecule has 4 atom stereocenters. The van der Waals surface area contributed by atoms with Gasteiger partial charge in [0, 0.05) is 25.8 Å². The summed E-state index contributed by atoms with van der Waals surface area (Å²) in [5, 5.41) is 3.87. The maximum atomic E-state index is 5.16. The first-order valence-corrected chi connectivity index (χ1v) is 6.56. The fourth-order valence-corrected chi connectivity index (χ4v) is 3.31. The maximum Gasteiger partial charge on any atom is 0.0465 e. The molecule has 88 valence electrons. The van der Waals surface area contributed by atoms with Crippen molar-refractivity contribution in [2.24, 2.45) is 11.8 Å². The zero-order valence-electron chi connectivity index (χ0n) is 10.2. The van der Waals surface area contributed by atoms with E-state index < -0.39 is 0 Å². The van der Waals surface area contributed by atoms with Crippen molar-refractivity contribution in [2.45, 2.75) is 57.5 Å². The van der Waals surface area contributed by atoms with Crippen molar-refractivity contribution in [3.63, 3.8) is 0 Å². The van der Waals surface area contributed by atoms with Crippen LogP contribution in [0.5, 0.6) is 0 Å². The van der Waals surface area contributed by atoms with Gasteiger partial charge in [0.15, 0.2) is 0 Å². The fourth-order valence-electron chi connectivity index (χ4n) is 3.31. The molecule has 0 amide bonds. The molecule has 0 bridgehead atoms. The average molecular weight is 211 g/mol. The van der Waals surface area contributed by atoms with Gasteiger partial charge in [0.05, 0.1) is 0 Å². The monoisotopic (exact) mass is 211 g/mol. The quantitative estimate of drug-likeness (QED) is 0.771. The van der Waals surface area contributed by atoms with E-state index in [0.29, 0.717) is 0 Å². The fraction of sp³-hybridized carbons (Fsp3) is 1.00. The lowest BCUT2D eigenvalue weighted by Gasteiger charge is -2.36. The molecule has 2 rings (SSSR count). The van der Waals surface area contributed by atoms with Gasteiger partial charge in [-0.3, -0.25) is 0 Å². The molecular formula is C13H25NO. The third kappa shape index (κ3) is 2.73. The number of hydrogen-bond donors (Lipinski definition) is 1. The normalized spacial score (nSPS) is 37.6. The summed E-state index contributed by atoms with van der Waals surface area (Å²) in [6.07, 6.45) is 8.37. The Morgan fingerprint density at radius 3 is 2.93 bits per heavy atom. The zero-order valence-corrected chi connectivity index (χ0v) is 10.2. The smallest absolute Gasteiger partial charge is 0.0465 e. The summed E-state index contributed by atoms with van der Waals surface area (Å²) in [4.78, 5) is 0. The molecule has 1 N–H and O–H groups in total. The van der Waals surface area contributed by atoms with Gasteiger partial charge in [0.1, 0.15) is 0 Å². The van der Waals surface area contributed by atoms with Crippen LogP contribution in [-0.4, -0.2) is 25.8 Å². The summed E-state index contributed by atoms with van der Waals surface area (Å²) >= 11 is 0. The molecule has 0 aromatic rings. The Labute approximate surface area is 93.8 Å². The highest BCUT2D eigenvalue weighted by molar-refractivity contribution is 4.92. The van der Waals surface area contributed by atoms with Gasteiger partial charge in [0.2, 0.25) is 0 Å². The lowest BCUT2D eigenvalue weighted by molar-refractivity contribution is 0.150. The Balaban J connectivity index is 1.78. The number of nitrogens with one attached hydrogen (secondary N) is 1. The Morgan fingerprint density at radius 1 is 1.27 bits per heavy atom. The van der Waals surface area contributed by atoms with Crippen molar-refractivity contribution in [3.8, 4) is 0 Å². The number of piperidine rings is 1. The highest BCUT2D eigenvalue weighted by Gasteiger charge is 2.34. The average Bonchev–Trinajstić information content (AvgIpc) is 2.72. The van der Waals surface area contributed by atoms with E-state index >= 15 is 0 Å². The van der Waals surface area contributed by atoms with E-state index in [0.717, 1.165) is 30.5 Å². The molecule has 2 nitrogen and oxygen atoms in total. The Morgan fingerprint density at radius 2 is 2.13 bits per heavy atom. The van der Waals surface area contributed by atoms with Crippen LogP contribution >= 0.6 is 0 Å².